The zero-order valence-corrected chi connectivity index (χ0v) is 10.9. The zero-order valence-electron chi connectivity index (χ0n) is 10.9. The SMILES string of the molecule is O=C1CCC(N2C(=O)Cc3c2cccc3[N+](=O)[O-])C(=O)N1. The van der Waals surface area contributed by atoms with Gasteiger partial charge in [0.25, 0.3) is 5.69 Å². The van der Waals surface area contributed by atoms with Gasteiger partial charge in [-0.25, -0.2) is 0 Å². The van der Waals surface area contributed by atoms with Crippen molar-refractivity contribution < 1.29 is 19.3 Å². The third-order valence-electron chi connectivity index (χ3n) is 3.70. The number of carbonyl (C=O) groups excluding carboxylic acids is 3. The van der Waals surface area contributed by atoms with Gasteiger partial charge in [-0.15, -0.1) is 0 Å². The third kappa shape index (κ3) is 2.04. The molecule has 2 aliphatic heterocycles. The van der Waals surface area contributed by atoms with E-state index in [1.54, 1.807) is 6.07 Å². The molecule has 3 rings (SSSR count). The highest BCUT2D eigenvalue weighted by Gasteiger charge is 2.41. The van der Waals surface area contributed by atoms with E-state index in [0.29, 0.717) is 11.3 Å². The molecule has 1 fully saturated rings. The summed E-state index contributed by atoms with van der Waals surface area (Å²) in [6.45, 7) is 0. The Morgan fingerprint density at radius 1 is 1.29 bits per heavy atom. The van der Waals surface area contributed by atoms with Crippen LogP contribution in [0.4, 0.5) is 11.4 Å². The quantitative estimate of drug-likeness (QED) is 0.478. The second-order valence-electron chi connectivity index (χ2n) is 4.94. The van der Waals surface area contributed by atoms with Crippen LogP contribution in [0, 0.1) is 10.1 Å². The molecule has 0 bridgehead atoms. The Bertz CT molecular complexity index is 684. The molecule has 1 unspecified atom stereocenters. The monoisotopic (exact) mass is 289 g/mol. The molecule has 21 heavy (non-hydrogen) atoms. The van der Waals surface area contributed by atoms with Crippen LogP contribution < -0.4 is 10.2 Å². The van der Waals surface area contributed by atoms with E-state index < -0.39 is 16.9 Å². The van der Waals surface area contributed by atoms with E-state index in [2.05, 4.69) is 5.32 Å². The fraction of sp³-hybridized carbons (Fsp3) is 0.308. The topological polar surface area (TPSA) is 110 Å². The van der Waals surface area contributed by atoms with E-state index in [0.717, 1.165) is 0 Å². The molecule has 1 saturated heterocycles. The minimum Gasteiger partial charge on any atom is -0.299 e. The van der Waals surface area contributed by atoms with Crippen LogP contribution in [-0.2, 0) is 20.8 Å². The van der Waals surface area contributed by atoms with Crippen LogP contribution in [0.5, 0.6) is 0 Å². The van der Waals surface area contributed by atoms with Crippen LogP contribution in [0.2, 0.25) is 0 Å². The first-order valence-electron chi connectivity index (χ1n) is 6.41. The van der Waals surface area contributed by atoms with Crippen molar-refractivity contribution in [3.8, 4) is 0 Å². The van der Waals surface area contributed by atoms with Crippen molar-refractivity contribution in [2.24, 2.45) is 0 Å². The summed E-state index contributed by atoms with van der Waals surface area (Å²) in [5.41, 5.74) is 0.566. The lowest BCUT2D eigenvalue weighted by Crippen LogP contribution is -2.53. The second-order valence-corrected chi connectivity index (χ2v) is 4.94. The highest BCUT2D eigenvalue weighted by molar-refractivity contribution is 6.10. The Balaban J connectivity index is 2.02. The number of nitrogens with zero attached hydrogens (tertiary/aromatic N) is 2. The first-order valence-corrected chi connectivity index (χ1v) is 6.41. The Hall–Kier alpha value is -2.77. The molecule has 108 valence electrons. The Labute approximate surface area is 118 Å². The van der Waals surface area contributed by atoms with Gasteiger partial charge in [-0.05, 0) is 12.5 Å². The van der Waals surface area contributed by atoms with E-state index in [1.807, 2.05) is 0 Å². The van der Waals surface area contributed by atoms with E-state index >= 15 is 0 Å². The summed E-state index contributed by atoms with van der Waals surface area (Å²) >= 11 is 0. The number of nitrogens with one attached hydrogen (secondary N) is 1. The maximum absolute atomic E-state index is 12.2. The predicted molar refractivity (Wildman–Crippen MR) is 70.5 cm³/mol. The fourth-order valence-electron chi connectivity index (χ4n) is 2.78. The van der Waals surface area contributed by atoms with Crippen molar-refractivity contribution in [3.63, 3.8) is 0 Å². The molecule has 1 atom stereocenters. The van der Waals surface area contributed by atoms with Gasteiger partial charge in [0.2, 0.25) is 17.7 Å². The van der Waals surface area contributed by atoms with Gasteiger partial charge in [0.1, 0.15) is 6.04 Å². The first kappa shape index (κ1) is 13.2. The standard InChI is InChI=1S/C13H11N3O5/c17-11-5-4-10(13(19)14-11)15-8-2-1-3-9(16(20)21)7(8)6-12(15)18/h1-3,10H,4-6H2,(H,14,17,19). The van der Waals surface area contributed by atoms with Crippen LogP contribution in [0.3, 0.4) is 0 Å². The molecule has 1 N–H and O–H groups in total. The molecule has 0 spiro atoms. The van der Waals surface area contributed by atoms with Gasteiger partial charge in [0, 0.05) is 12.5 Å². The van der Waals surface area contributed by atoms with Crippen LogP contribution in [-0.4, -0.2) is 28.7 Å². The van der Waals surface area contributed by atoms with Crippen molar-refractivity contribution in [2.45, 2.75) is 25.3 Å². The number of nitro benzene ring substituents is 1. The highest BCUT2D eigenvalue weighted by atomic mass is 16.6. The summed E-state index contributed by atoms with van der Waals surface area (Å²) in [5, 5.41) is 13.2. The van der Waals surface area contributed by atoms with Crippen molar-refractivity contribution >= 4 is 29.1 Å². The minimum atomic E-state index is -0.793. The molecule has 0 radical (unpaired) electrons. The molecular weight excluding hydrogens is 278 g/mol. The van der Waals surface area contributed by atoms with E-state index in [9.17, 15) is 24.5 Å². The van der Waals surface area contributed by atoms with Crippen molar-refractivity contribution in [1.29, 1.82) is 0 Å². The molecule has 0 aromatic heterocycles. The average Bonchev–Trinajstić information content (AvgIpc) is 2.74. The number of imide groups is 1. The lowest BCUT2D eigenvalue weighted by molar-refractivity contribution is -0.385. The molecule has 1 aromatic rings. The van der Waals surface area contributed by atoms with E-state index in [4.69, 9.17) is 0 Å². The van der Waals surface area contributed by atoms with Gasteiger partial charge in [-0.2, -0.15) is 0 Å². The number of hydrogen-bond acceptors (Lipinski definition) is 5. The maximum atomic E-state index is 12.2. The number of benzene rings is 1. The highest BCUT2D eigenvalue weighted by Crippen LogP contribution is 2.37. The summed E-state index contributed by atoms with van der Waals surface area (Å²) in [6.07, 6.45) is 0.257. The van der Waals surface area contributed by atoms with Crippen molar-refractivity contribution in [1.82, 2.24) is 5.32 Å². The Morgan fingerprint density at radius 2 is 2.05 bits per heavy atom. The third-order valence-corrected chi connectivity index (χ3v) is 3.70. The first-order chi connectivity index (χ1) is 9.99. The van der Waals surface area contributed by atoms with Gasteiger partial charge >= 0.3 is 0 Å². The second kappa shape index (κ2) is 4.65. The molecule has 2 aliphatic rings. The fourth-order valence-corrected chi connectivity index (χ4v) is 2.78. The summed E-state index contributed by atoms with van der Waals surface area (Å²) < 4.78 is 0. The number of rotatable bonds is 2. The molecule has 3 amide bonds. The van der Waals surface area contributed by atoms with Gasteiger partial charge in [-0.1, -0.05) is 6.07 Å². The molecule has 8 heteroatoms. The molecule has 1 aromatic carbocycles. The van der Waals surface area contributed by atoms with E-state index in [1.165, 1.54) is 17.0 Å². The smallest absolute Gasteiger partial charge is 0.275 e. The molecular formula is C13H11N3O5. The van der Waals surface area contributed by atoms with Crippen LogP contribution in [0.1, 0.15) is 18.4 Å². The zero-order chi connectivity index (χ0) is 15.1. The molecule has 8 nitrogen and oxygen atoms in total. The lowest BCUT2D eigenvalue weighted by atomic mass is 10.0. The number of nitro groups is 1. The summed E-state index contributed by atoms with van der Waals surface area (Å²) in [7, 11) is 0. The van der Waals surface area contributed by atoms with Gasteiger partial charge in [0.15, 0.2) is 0 Å². The number of carbonyl (C=O) groups is 3. The maximum Gasteiger partial charge on any atom is 0.275 e. The average molecular weight is 289 g/mol. The number of anilines is 1. The summed E-state index contributed by atoms with van der Waals surface area (Å²) in [4.78, 5) is 47.0. The van der Waals surface area contributed by atoms with Crippen LogP contribution in [0.25, 0.3) is 0 Å². The Kier molecular flexibility index (Phi) is 2.93. The Morgan fingerprint density at radius 3 is 2.71 bits per heavy atom. The number of fused-ring (bicyclic) bond motifs is 1. The van der Waals surface area contributed by atoms with Crippen molar-refractivity contribution in [2.75, 3.05) is 4.90 Å². The normalized spacial score (nSPS) is 21.2. The van der Waals surface area contributed by atoms with Crippen LogP contribution >= 0.6 is 0 Å². The number of hydrogen-bond donors (Lipinski definition) is 1. The van der Waals surface area contributed by atoms with Crippen molar-refractivity contribution in [3.05, 3.63) is 33.9 Å². The number of piperidine rings is 1. The molecule has 0 aliphatic carbocycles. The van der Waals surface area contributed by atoms with E-state index in [-0.39, 0.29) is 36.8 Å². The summed E-state index contributed by atoms with van der Waals surface area (Å²) in [6, 6.07) is 3.60. The van der Waals surface area contributed by atoms with Gasteiger partial charge in [0.05, 0.1) is 22.6 Å². The predicted octanol–water partition coefficient (Wildman–Crippen LogP) is 0.289. The molecule has 2 heterocycles. The van der Waals surface area contributed by atoms with Gasteiger partial charge in [-0.3, -0.25) is 34.7 Å². The number of amides is 3. The van der Waals surface area contributed by atoms with Crippen LogP contribution in [0.15, 0.2) is 18.2 Å². The minimum absolute atomic E-state index is 0.107. The largest absolute Gasteiger partial charge is 0.299 e. The molecule has 0 saturated carbocycles. The summed E-state index contributed by atoms with van der Waals surface area (Å²) in [5.74, 6) is -1.28. The lowest BCUT2D eigenvalue weighted by Gasteiger charge is -2.29. The van der Waals surface area contributed by atoms with Gasteiger partial charge < -0.3 is 0 Å².